The lowest BCUT2D eigenvalue weighted by molar-refractivity contribution is -0.117. The van der Waals surface area contributed by atoms with Crippen molar-refractivity contribution in [2.24, 2.45) is 5.92 Å². The molecule has 1 aliphatic carbocycles. The van der Waals surface area contributed by atoms with Crippen molar-refractivity contribution in [3.05, 3.63) is 23.0 Å². The van der Waals surface area contributed by atoms with Gasteiger partial charge in [0.1, 0.15) is 18.0 Å². The maximum Gasteiger partial charge on any atom is 0.326 e. The number of hydrogen-bond donors (Lipinski definition) is 2. The van der Waals surface area contributed by atoms with Crippen LogP contribution in [0.2, 0.25) is 0 Å². The molecule has 1 atom stereocenters. The molecular formula is C17H24FN3O4S. The summed E-state index contributed by atoms with van der Waals surface area (Å²) < 4.78 is 41.6. The van der Waals surface area contributed by atoms with E-state index in [9.17, 15) is 18.3 Å². The first-order valence-electron chi connectivity index (χ1n) is 8.70. The maximum atomic E-state index is 15.1. The lowest BCUT2D eigenvalue weighted by Crippen LogP contribution is -2.30. The van der Waals surface area contributed by atoms with Crippen LogP contribution in [-0.2, 0) is 27.8 Å². The van der Waals surface area contributed by atoms with Gasteiger partial charge in [-0.25, -0.2) is 13.4 Å². The summed E-state index contributed by atoms with van der Waals surface area (Å²) >= 11 is 0. The van der Waals surface area contributed by atoms with Crippen molar-refractivity contribution in [2.45, 2.75) is 32.1 Å². The third-order valence-corrected chi connectivity index (χ3v) is 6.47. The molecule has 9 heteroatoms. The Bertz CT molecular complexity index is 826. The molecule has 2 N–H and O–H groups in total. The number of fused-ring (bicyclic) bond motifs is 1. The molecule has 144 valence electrons. The summed E-state index contributed by atoms with van der Waals surface area (Å²) in [6, 6.07) is 1.44. The normalized spacial score (nSPS) is 22.2. The monoisotopic (exact) mass is 385 g/mol. The molecule has 0 bridgehead atoms. The highest BCUT2D eigenvalue weighted by Gasteiger charge is 2.38. The van der Waals surface area contributed by atoms with Gasteiger partial charge in [-0.3, -0.25) is 4.79 Å². The summed E-state index contributed by atoms with van der Waals surface area (Å²) in [4.78, 5) is 13.6. The SMILES string of the molecule is CN(C)CCC1CCc2cc(O)c(N3CC(=O)NS3(=O)=O)c(F)c2CC1. The van der Waals surface area contributed by atoms with Crippen LogP contribution in [0.1, 0.15) is 30.4 Å². The van der Waals surface area contributed by atoms with Gasteiger partial charge in [-0.05, 0) is 75.9 Å². The fraction of sp³-hybridized carbons (Fsp3) is 0.588. The maximum absolute atomic E-state index is 15.1. The first-order valence-corrected chi connectivity index (χ1v) is 10.1. The molecule has 1 heterocycles. The molecule has 7 nitrogen and oxygen atoms in total. The second-order valence-corrected chi connectivity index (χ2v) is 8.86. The number of nitrogens with one attached hydrogen (secondary N) is 1. The molecule has 0 radical (unpaired) electrons. The molecule has 1 aromatic carbocycles. The van der Waals surface area contributed by atoms with Gasteiger partial charge >= 0.3 is 10.2 Å². The molecule has 1 fully saturated rings. The highest BCUT2D eigenvalue weighted by Crippen LogP contribution is 2.40. The summed E-state index contributed by atoms with van der Waals surface area (Å²) in [5.41, 5.74) is 0.723. The van der Waals surface area contributed by atoms with Crippen LogP contribution >= 0.6 is 0 Å². The zero-order chi connectivity index (χ0) is 19.1. The van der Waals surface area contributed by atoms with Crippen LogP contribution < -0.4 is 9.03 Å². The number of aryl methyl sites for hydroxylation is 1. The fourth-order valence-electron chi connectivity index (χ4n) is 3.68. The van der Waals surface area contributed by atoms with Gasteiger partial charge in [0.2, 0.25) is 0 Å². The van der Waals surface area contributed by atoms with Crippen LogP contribution in [0.3, 0.4) is 0 Å². The lowest BCUT2D eigenvalue weighted by Gasteiger charge is -2.20. The number of amides is 1. The van der Waals surface area contributed by atoms with Crippen LogP contribution in [0.15, 0.2) is 6.07 Å². The highest BCUT2D eigenvalue weighted by molar-refractivity contribution is 7.92. The lowest BCUT2D eigenvalue weighted by atomic mass is 9.96. The molecule has 1 aromatic rings. The topological polar surface area (TPSA) is 89.9 Å². The van der Waals surface area contributed by atoms with Gasteiger partial charge in [0.05, 0.1) is 0 Å². The third-order valence-electron chi connectivity index (χ3n) is 5.09. The number of rotatable bonds is 4. The van der Waals surface area contributed by atoms with Crippen molar-refractivity contribution in [1.29, 1.82) is 0 Å². The molecule has 1 amide bonds. The number of phenols is 1. The fourth-order valence-corrected chi connectivity index (χ4v) is 4.84. The zero-order valence-corrected chi connectivity index (χ0v) is 15.8. The Morgan fingerprint density at radius 2 is 2.04 bits per heavy atom. The second-order valence-electron chi connectivity index (χ2n) is 7.27. The van der Waals surface area contributed by atoms with Gasteiger partial charge in [0.15, 0.2) is 5.82 Å². The predicted molar refractivity (Wildman–Crippen MR) is 95.8 cm³/mol. The predicted octanol–water partition coefficient (Wildman–Crippen LogP) is 1.16. The van der Waals surface area contributed by atoms with Crippen LogP contribution in [0, 0.1) is 11.7 Å². The van der Waals surface area contributed by atoms with E-state index >= 15 is 4.39 Å². The van der Waals surface area contributed by atoms with E-state index in [0.29, 0.717) is 34.2 Å². The quantitative estimate of drug-likeness (QED) is 0.759. The van der Waals surface area contributed by atoms with Crippen molar-refractivity contribution < 1.29 is 22.7 Å². The largest absolute Gasteiger partial charge is 0.506 e. The van der Waals surface area contributed by atoms with E-state index in [4.69, 9.17) is 0 Å². The number of aromatic hydroxyl groups is 1. The van der Waals surface area contributed by atoms with Crippen LogP contribution in [0.25, 0.3) is 0 Å². The van der Waals surface area contributed by atoms with Crippen molar-refractivity contribution >= 4 is 21.8 Å². The van der Waals surface area contributed by atoms with Crippen molar-refractivity contribution in [3.8, 4) is 5.75 Å². The smallest absolute Gasteiger partial charge is 0.326 e. The number of phenolic OH excluding ortho intramolecular Hbond substituents is 1. The Labute approximate surface area is 153 Å². The molecule has 0 aromatic heterocycles. The molecule has 0 spiro atoms. The van der Waals surface area contributed by atoms with E-state index in [2.05, 4.69) is 4.90 Å². The summed E-state index contributed by atoms with van der Waals surface area (Å²) in [7, 11) is -0.140. The molecular weight excluding hydrogens is 361 g/mol. The summed E-state index contributed by atoms with van der Waals surface area (Å²) in [5, 5.41) is 10.3. The first kappa shape index (κ1) is 18.9. The Balaban J connectivity index is 1.91. The number of carbonyl (C=O) groups excluding carboxylic acids is 1. The standard InChI is InChI=1S/C17H24FN3O4S/c1-20(2)8-7-11-3-5-12-9-14(22)17(16(18)13(12)6-4-11)21-10-15(23)19-26(21,24)25/h9,11,22H,3-8,10H2,1-2H3,(H,19,23). The Hall–Kier alpha value is -1.87. The number of benzene rings is 1. The van der Waals surface area contributed by atoms with Gasteiger partial charge in [0.25, 0.3) is 5.91 Å². The Kier molecular flexibility index (Phi) is 5.12. The minimum Gasteiger partial charge on any atom is -0.506 e. The van der Waals surface area contributed by atoms with E-state index in [1.807, 2.05) is 14.1 Å². The molecule has 0 saturated carbocycles. The van der Waals surface area contributed by atoms with Gasteiger partial charge in [-0.1, -0.05) is 0 Å². The van der Waals surface area contributed by atoms with Gasteiger partial charge in [0, 0.05) is 0 Å². The summed E-state index contributed by atoms with van der Waals surface area (Å²) in [6.45, 7) is 0.427. The number of halogens is 1. The van der Waals surface area contributed by atoms with Crippen LogP contribution in [-0.4, -0.2) is 51.5 Å². The molecule has 3 rings (SSSR count). The average molecular weight is 385 g/mol. The number of anilines is 1. The van der Waals surface area contributed by atoms with E-state index in [1.165, 1.54) is 6.07 Å². The van der Waals surface area contributed by atoms with E-state index in [1.54, 1.807) is 4.72 Å². The minimum absolute atomic E-state index is 0.436. The molecule has 26 heavy (non-hydrogen) atoms. The van der Waals surface area contributed by atoms with Crippen LogP contribution in [0.5, 0.6) is 5.75 Å². The van der Waals surface area contributed by atoms with E-state index in [0.717, 1.165) is 25.8 Å². The molecule has 1 unspecified atom stereocenters. The number of hydrogen-bond acceptors (Lipinski definition) is 5. The minimum atomic E-state index is -4.17. The second kappa shape index (κ2) is 7.03. The Morgan fingerprint density at radius 3 is 2.65 bits per heavy atom. The number of nitrogens with zero attached hydrogens (tertiary/aromatic N) is 2. The summed E-state index contributed by atoms with van der Waals surface area (Å²) in [6.07, 6.45) is 3.86. The highest BCUT2D eigenvalue weighted by atomic mass is 32.2. The van der Waals surface area contributed by atoms with Crippen molar-refractivity contribution in [3.63, 3.8) is 0 Å². The molecule has 1 aliphatic heterocycles. The van der Waals surface area contributed by atoms with Crippen LogP contribution in [0.4, 0.5) is 10.1 Å². The Morgan fingerprint density at radius 1 is 1.35 bits per heavy atom. The van der Waals surface area contributed by atoms with Gasteiger partial charge < -0.3 is 10.0 Å². The molecule has 2 aliphatic rings. The van der Waals surface area contributed by atoms with Gasteiger partial charge in [-0.2, -0.15) is 8.42 Å². The third kappa shape index (κ3) is 3.64. The van der Waals surface area contributed by atoms with Crippen molar-refractivity contribution in [1.82, 2.24) is 9.62 Å². The van der Waals surface area contributed by atoms with Crippen molar-refractivity contribution in [2.75, 3.05) is 31.5 Å². The van der Waals surface area contributed by atoms with Gasteiger partial charge in [-0.15, -0.1) is 0 Å². The average Bonchev–Trinajstić information content (AvgIpc) is 2.70. The molecule has 1 saturated heterocycles. The summed E-state index contributed by atoms with van der Waals surface area (Å²) in [5.74, 6) is -1.49. The first-order chi connectivity index (χ1) is 12.2. The number of carbonyl (C=O) groups is 1. The van der Waals surface area contributed by atoms with E-state index in [-0.39, 0.29) is 0 Å². The zero-order valence-electron chi connectivity index (χ0n) is 15.0. The van der Waals surface area contributed by atoms with E-state index < -0.39 is 39.9 Å².